The zero-order valence-electron chi connectivity index (χ0n) is 15.3. The van der Waals surface area contributed by atoms with Gasteiger partial charge in [-0.1, -0.05) is 31.0 Å². The Kier molecular flexibility index (Phi) is 8.90. The van der Waals surface area contributed by atoms with Gasteiger partial charge in [0.2, 0.25) is 0 Å². The second kappa shape index (κ2) is 11.8. The third kappa shape index (κ3) is 7.92. The van der Waals surface area contributed by atoms with Gasteiger partial charge in [-0.3, -0.25) is 4.79 Å². The summed E-state index contributed by atoms with van der Waals surface area (Å²) in [5, 5.41) is 8.39. The van der Waals surface area contributed by atoms with Gasteiger partial charge >= 0.3 is 5.97 Å². The van der Waals surface area contributed by atoms with Crippen LogP contribution in [0.5, 0.6) is 5.75 Å². The summed E-state index contributed by atoms with van der Waals surface area (Å²) < 4.78 is 10.6. The van der Waals surface area contributed by atoms with Gasteiger partial charge in [0.05, 0.1) is 24.6 Å². The quantitative estimate of drug-likeness (QED) is 0.283. The van der Waals surface area contributed by atoms with Crippen molar-refractivity contribution in [3.63, 3.8) is 0 Å². The summed E-state index contributed by atoms with van der Waals surface area (Å²) in [5.41, 5.74) is 1.62. The molecular formula is C21H26N2O3. The second-order valence-electron chi connectivity index (χ2n) is 5.85. The fraction of sp³-hybridized carbons (Fsp3) is 0.381. The Hall–Kier alpha value is -2.69. The van der Waals surface area contributed by atoms with Gasteiger partial charge in [0, 0.05) is 6.42 Å². The molecule has 0 bridgehead atoms. The molecule has 26 heavy (non-hydrogen) atoms. The van der Waals surface area contributed by atoms with Gasteiger partial charge in [0.15, 0.2) is 0 Å². The van der Waals surface area contributed by atoms with E-state index < -0.39 is 0 Å². The van der Waals surface area contributed by atoms with Crippen LogP contribution in [0, 0.1) is 0 Å². The number of carbonyl (C=O) groups excluding carboxylic acids is 1. The maximum atomic E-state index is 11.2. The van der Waals surface area contributed by atoms with Crippen LogP contribution >= 0.6 is 0 Å². The monoisotopic (exact) mass is 354 g/mol. The topological polar surface area (TPSA) is 60.2 Å². The maximum Gasteiger partial charge on any atom is 0.305 e. The van der Waals surface area contributed by atoms with E-state index in [1.807, 2.05) is 61.5 Å². The first-order valence-corrected chi connectivity index (χ1v) is 9.13. The summed E-state index contributed by atoms with van der Waals surface area (Å²) in [6.45, 7) is 2.96. The third-order valence-electron chi connectivity index (χ3n) is 3.72. The van der Waals surface area contributed by atoms with Crippen molar-refractivity contribution in [3.05, 3.63) is 54.6 Å². The zero-order valence-corrected chi connectivity index (χ0v) is 15.3. The van der Waals surface area contributed by atoms with Crippen molar-refractivity contribution in [1.82, 2.24) is 0 Å². The van der Waals surface area contributed by atoms with Gasteiger partial charge in [0.1, 0.15) is 5.75 Å². The van der Waals surface area contributed by atoms with Gasteiger partial charge in [-0.05, 0) is 56.2 Å². The normalized spacial score (nSPS) is 10.8. The highest BCUT2D eigenvalue weighted by Crippen LogP contribution is 2.21. The lowest BCUT2D eigenvalue weighted by Gasteiger charge is -2.06. The van der Waals surface area contributed by atoms with Crippen molar-refractivity contribution in [3.8, 4) is 5.75 Å². The summed E-state index contributed by atoms with van der Waals surface area (Å²) in [6, 6.07) is 17.2. The Morgan fingerprint density at radius 1 is 0.846 bits per heavy atom. The number of hydrogen-bond donors (Lipinski definition) is 0. The van der Waals surface area contributed by atoms with Crippen molar-refractivity contribution >= 4 is 17.3 Å². The van der Waals surface area contributed by atoms with E-state index in [4.69, 9.17) is 9.47 Å². The lowest BCUT2D eigenvalue weighted by molar-refractivity contribution is -0.143. The lowest BCUT2D eigenvalue weighted by atomic mass is 10.1. The molecule has 0 fully saturated rings. The van der Waals surface area contributed by atoms with Crippen LogP contribution in [-0.4, -0.2) is 19.2 Å². The Morgan fingerprint density at radius 3 is 2.19 bits per heavy atom. The first-order valence-electron chi connectivity index (χ1n) is 9.13. The molecule has 0 heterocycles. The van der Waals surface area contributed by atoms with E-state index >= 15 is 0 Å². The average molecular weight is 354 g/mol. The third-order valence-corrected chi connectivity index (χ3v) is 3.72. The van der Waals surface area contributed by atoms with Crippen molar-refractivity contribution in [1.29, 1.82) is 0 Å². The smallest absolute Gasteiger partial charge is 0.305 e. The van der Waals surface area contributed by atoms with E-state index in [2.05, 4.69) is 10.2 Å². The first kappa shape index (κ1) is 19.6. The Balaban J connectivity index is 1.60. The molecule has 0 amide bonds. The molecule has 5 heteroatoms. The van der Waals surface area contributed by atoms with Crippen LogP contribution in [0.15, 0.2) is 64.8 Å². The SMILES string of the molecule is CCOC(=O)CCCCCCOc1ccc(N=Nc2ccccc2)cc1. The number of esters is 1. The van der Waals surface area contributed by atoms with Crippen LogP contribution in [-0.2, 0) is 9.53 Å². The summed E-state index contributed by atoms with van der Waals surface area (Å²) >= 11 is 0. The minimum absolute atomic E-state index is 0.103. The molecule has 138 valence electrons. The summed E-state index contributed by atoms with van der Waals surface area (Å²) in [6.07, 6.45) is 4.41. The molecule has 0 atom stereocenters. The molecule has 2 aromatic rings. The molecule has 2 aromatic carbocycles. The average Bonchev–Trinajstić information content (AvgIpc) is 2.67. The van der Waals surface area contributed by atoms with Crippen molar-refractivity contribution in [2.24, 2.45) is 10.2 Å². The van der Waals surface area contributed by atoms with Crippen LogP contribution in [0.4, 0.5) is 11.4 Å². The largest absolute Gasteiger partial charge is 0.494 e. The molecule has 0 saturated heterocycles. The molecule has 0 unspecified atom stereocenters. The number of unbranched alkanes of at least 4 members (excludes halogenated alkanes) is 3. The predicted octanol–water partition coefficient (Wildman–Crippen LogP) is 5.99. The van der Waals surface area contributed by atoms with Gasteiger partial charge in [-0.2, -0.15) is 10.2 Å². The minimum Gasteiger partial charge on any atom is -0.494 e. The summed E-state index contributed by atoms with van der Waals surface area (Å²) in [5.74, 6) is 0.725. The van der Waals surface area contributed by atoms with Crippen molar-refractivity contribution < 1.29 is 14.3 Å². The van der Waals surface area contributed by atoms with Crippen molar-refractivity contribution in [2.45, 2.75) is 39.0 Å². The minimum atomic E-state index is -0.103. The highest BCUT2D eigenvalue weighted by atomic mass is 16.5. The number of ether oxygens (including phenoxy) is 2. The highest BCUT2D eigenvalue weighted by Gasteiger charge is 2.01. The van der Waals surface area contributed by atoms with E-state index in [9.17, 15) is 4.79 Å². The van der Waals surface area contributed by atoms with Crippen LogP contribution in [0.3, 0.4) is 0 Å². The highest BCUT2D eigenvalue weighted by molar-refractivity contribution is 5.69. The molecule has 0 aromatic heterocycles. The Labute approximate surface area is 155 Å². The van der Waals surface area contributed by atoms with E-state index in [1.165, 1.54) is 0 Å². The predicted molar refractivity (Wildman–Crippen MR) is 102 cm³/mol. The Morgan fingerprint density at radius 2 is 1.50 bits per heavy atom. The molecule has 0 N–H and O–H groups in total. The molecule has 0 aliphatic carbocycles. The molecule has 0 saturated carbocycles. The molecule has 0 spiro atoms. The fourth-order valence-corrected chi connectivity index (χ4v) is 2.37. The molecule has 2 rings (SSSR count). The summed E-state index contributed by atoms with van der Waals surface area (Å²) in [7, 11) is 0. The number of hydrogen-bond acceptors (Lipinski definition) is 5. The number of benzene rings is 2. The van der Waals surface area contributed by atoms with E-state index in [-0.39, 0.29) is 5.97 Å². The van der Waals surface area contributed by atoms with Gasteiger partial charge < -0.3 is 9.47 Å². The first-order chi connectivity index (χ1) is 12.8. The van der Waals surface area contributed by atoms with E-state index in [0.29, 0.717) is 19.6 Å². The van der Waals surface area contributed by atoms with Crippen LogP contribution in [0.2, 0.25) is 0 Å². The van der Waals surface area contributed by atoms with Crippen molar-refractivity contribution in [2.75, 3.05) is 13.2 Å². The number of nitrogens with zero attached hydrogens (tertiary/aromatic N) is 2. The summed E-state index contributed by atoms with van der Waals surface area (Å²) in [4.78, 5) is 11.2. The van der Waals surface area contributed by atoms with Crippen LogP contribution in [0.1, 0.15) is 39.0 Å². The van der Waals surface area contributed by atoms with E-state index in [0.717, 1.165) is 42.8 Å². The second-order valence-corrected chi connectivity index (χ2v) is 5.85. The van der Waals surface area contributed by atoms with Crippen LogP contribution in [0.25, 0.3) is 0 Å². The fourth-order valence-electron chi connectivity index (χ4n) is 2.37. The van der Waals surface area contributed by atoms with Gasteiger partial charge in [0.25, 0.3) is 0 Å². The molecular weight excluding hydrogens is 328 g/mol. The number of azo groups is 1. The number of carbonyl (C=O) groups is 1. The maximum absolute atomic E-state index is 11.2. The van der Waals surface area contributed by atoms with E-state index in [1.54, 1.807) is 0 Å². The standard InChI is InChI=1S/C21H26N2O3/c1-2-25-21(24)12-8-3-4-9-17-26-20-15-13-19(14-16-20)23-22-18-10-6-5-7-11-18/h5-7,10-11,13-16H,2-4,8-9,12,17H2,1H3. The zero-order chi connectivity index (χ0) is 18.5. The molecule has 5 nitrogen and oxygen atoms in total. The lowest BCUT2D eigenvalue weighted by Crippen LogP contribution is -2.03. The molecule has 0 aliphatic heterocycles. The number of rotatable bonds is 11. The van der Waals surface area contributed by atoms with Gasteiger partial charge in [-0.25, -0.2) is 0 Å². The molecule has 0 aliphatic rings. The van der Waals surface area contributed by atoms with Crippen LogP contribution < -0.4 is 4.74 Å². The van der Waals surface area contributed by atoms with Gasteiger partial charge in [-0.15, -0.1) is 0 Å². The molecule has 0 radical (unpaired) electrons. The Bertz CT molecular complexity index is 669.